The van der Waals surface area contributed by atoms with E-state index in [-0.39, 0.29) is 11.8 Å². The fourth-order valence-electron chi connectivity index (χ4n) is 3.60. The van der Waals surface area contributed by atoms with Crippen LogP contribution in [0.5, 0.6) is 0 Å². The number of amides is 2. The molecule has 5 heteroatoms. The maximum absolute atomic E-state index is 13.4. The smallest absolute Gasteiger partial charge is 0.253 e. The zero-order chi connectivity index (χ0) is 16.7. The average molecular weight is 330 g/mol. The van der Waals surface area contributed by atoms with Crippen molar-refractivity contribution in [1.82, 2.24) is 9.80 Å². The van der Waals surface area contributed by atoms with Gasteiger partial charge in [-0.2, -0.15) is 0 Å². The Bertz CT molecular complexity index is 633. The number of carbonyl (C=O) groups excluding carboxylic acids is 2. The predicted octanol–water partition coefficient (Wildman–Crippen LogP) is 2.60. The number of hydrogen-bond donors (Lipinski definition) is 0. The molecule has 2 atom stereocenters. The normalized spacial score (nSPS) is 26.9. The van der Waals surface area contributed by atoms with Crippen LogP contribution >= 0.6 is 0 Å². The summed E-state index contributed by atoms with van der Waals surface area (Å²) in [6, 6.07) is 7.94. The molecule has 2 saturated carbocycles. The van der Waals surface area contributed by atoms with Crippen LogP contribution in [0.1, 0.15) is 47.5 Å². The van der Waals surface area contributed by atoms with E-state index < -0.39 is 12.1 Å². The standard InChI is InChI=1S/C19H23FN2O2/c20-17-8-7-16(17)19(24)22-11-9-21(10-12-22)18(23)15-5-3-14(4-6-15)13-1-2-13/h3-6,13,16-17H,1-2,7-12H2. The van der Waals surface area contributed by atoms with Gasteiger partial charge in [0.05, 0.1) is 5.92 Å². The van der Waals surface area contributed by atoms with Crippen LogP contribution in [0.4, 0.5) is 4.39 Å². The molecule has 1 aliphatic heterocycles. The topological polar surface area (TPSA) is 40.6 Å². The van der Waals surface area contributed by atoms with E-state index in [2.05, 4.69) is 12.1 Å². The fourth-order valence-corrected chi connectivity index (χ4v) is 3.60. The van der Waals surface area contributed by atoms with E-state index in [0.717, 1.165) is 0 Å². The molecule has 1 heterocycles. The molecule has 128 valence electrons. The van der Waals surface area contributed by atoms with Gasteiger partial charge in [-0.05, 0) is 49.3 Å². The number of alkyl halides is 1. The second-order valence-corrected chi connectivity index (χ2v) is 7.21. The van der Waals surface area contributed by atoms with E-state index in [1.807, 2.05) is 12.1 Å². The van der Waals surface area contributed by atoms with Crippen LogP contribution in [0, 0.1) is 5.92 Å². The van der Waals surface area contributed by atoms with Crippen molar-refractivity contribution < 1.29 is 14.0 Å². The molecule has 2 unspecified atom stereocenters. The van der Waals surface area contributed by atoms with E-state index in [9.17, 15) is 14.0 Å². The van der Waals surface area contributed by atoms with Crippen molar-refractivity contribution in [2.75, 3.05) is 26.2 Å². The Hall–Kier alpha value is -1.91. The second-order valence-electron chi connectivity index (χ2n) is 7.21. The molecule has 0 N–H and O–H groups in total. The van der Waals surface area contributed by atoms with Gasteiger partial charge in [0.15, 0.2) is 0 Å². The molecule has 3 aliphatic rings. The first-order valence-corrected chi connectivity index (χ1v) is 8.95. The molecule has 1 aromatic rings. The summed E-state index contributed by atoms with van der Waals surface area (Å²) in [5.74, 6) is 0.197. The molecule has 3 fully saturated rings. The van der Waals surface area contributed by atoms with Crippen LogP contribution in [0.2, 0.25) is 0 Å². The molecular formula is C19H23FN2O2. The van der Waals surface area contributed by atoms with Gasteiger partial charge in [0, 0.05) is 31.7 Å². The first-order valence-electron chi connectivity index (χ1n) is 8.95. The summed E-state index contributed by atoms with van der Waals surface area (Å²) in [4.78, 5) is 28.3. The number of piperazine rings is 1. The molecule has 0 radical (unpaired) electrons. The van der Waals surface area contributed by atoms with Crippen molar-refractivity contribution >= 4 is 11.8 Å². The fraction of sp³-hybridized carbons (Fsp3) is 0.579. The molecular weight excluding hydrogens is 307 g/mol. The number of nitrogens with zero attached hydrogens (tertiary/aromatic N) is 2. The number of rotatable bonds is 3. The summed E-state index contributed by atoms with van der Waals surface area (Å²) in [5, 5.41) is 0. The summed E-state index contributed by atoms with van der Waals surface area (Å²) >= 11 is 0. The van der Waals surface area contributed by atoms with E-state index in [1.165, 1.54) is 18.4 Å². The highest BCUT2D eigenvalue weighted by molar-refractivity contribution is 5.94. The van der Waals surface area contributed by atoms with Crippen LogP contribution in [0.25, 0.3) is 0 Å². The summed E-state index contributed by atoms with van der Waals surface area (Å²) in [5.41, 5.74) is 2.03. The van der Waals surface area contributed by atoms with E-state index in [0.29, 0.717) is 50.5 Å². The lowest BCUT2D eigenvalue weighted by Crippen LogP contribution is -2.54. The maximum atomic E-state index is 13.4. The van der Waals surface area contributed by atoms with Crippen LogP contribution in [-0.2, 0) is 4.79 Å². The van der Waals surface area contributed by atoms with Crippen molar-refractivity contribution in [3.63, 3.8) is 0 Å². The molecule has 1 aromatic carbocycles. The van der Waals surface area contributed by atoms with Crippen molar-refractivity contribution in [3.8, 4) is 0 Å². The molecule has 1 saturated heterocycles. The molecule has 0 aromatic heterocycles. The summed E-state index contributed by atoms with van der Waals surface area (Å²) in [6.07, 6.45) is 2.70. The van der Waals surface area contributed by atoms with Gasteiger partial charge in [0.25, 0.3) is 5.91 Å². The third kappa shape index (κ3) is 2.92. The number of carbonyl (C=O) groups is 2. The highest BCUT2D eigenvalue weighted by atomic mass is 19.1. The first kappa shape index (κ1) is 15.6. The molecule has 4 rings (SSSR count). The molecule has 24 heavy (non-hydrogen) atoms. The Morgan fingerprint density at radius 1 is 0.875 bits per heavy atom. The zero-order valence-corrected chi connectivity index (χ0v) is 13.8. The highest BCUT2D eigenvalue weighted by Crippen LogP contribution is 2.40. The van der Waals surface area contributed by atoms with Crippen molar-refractivity contribution in [1.29, 1.82) is 0 Å². The molecule has 0 spiro atoms. The van der Waals surface area contributed by atoms with Gasteiger partial charge >= 0.3 is 0 Å². The van der Waals surface area contributed by atoms with Crippen LogP contribution in [-0.4, -0.2) is 54.0 Å². The van der Waals surface area contributed by atoms with E-state index in [4.69, 9.17) is 0 Å². The van der Waals surface area contributed by atoms with Crippen LogP contribution < -0.4 is 0 Å². The maximum Gasteiger partial charge on any atom is 0.253 e. The van der Waals surface area contributed by atoms with Gasteiger partial charge in [-0.3, -0.25) is 9.59 Å². The van der Waals surface area contributed by atoms with Crippen LogP contribution in [0.15, 0.2) is 24.3 Å². The number of benzene rings is 1. The van der Waals surface area contributed by atoms with Crippen molar-refractivity contribution in [3.05, 3.63) is 35.4 Å². The number of halogens is 1. The minimum absolute atomic E-state index is 0.0245. The largest absolute Gasteiger partial charge is 0.339 e. The minimum atomic E-state index is -0.970. The minimum Gasteiger partial charge on any atom is -0.339 e. The lowest BCUT2D eigenvalue weighted by atomic mass is 9.82. The van der Waals surface area contributed by atoms with Gasteiger partial charge in [-0.15, -0.1) is 0 Å². The zero-order valence-electron chi connectivity index (χ0n) is 13.8. The van der Waals surface area contributed by atoms with E-state index in [1.54, 1.807) is 9.80 Å². The van der Waals surface area contributed by atoms with Gasteiger partial charge < -0.3 is 9.80 Å². The third-order valence-electron chi connectivity index (χ3n) is 5.59. The average Bonchev–Trinajstić information content (AvgIpc) is 3.45. The third-order valence-corrected chi connectivity index (χ3v) is 5.59. The Kier molecular flexibility index (Phi) is 4.02. The number of hydrogen-bond acceptors (Lipinski definition) is 2. The Morgan fingerprint density at radius 2 is 1.50 bits per heavy atom. The monoisotopic (exact) mass is 330 g/mol. The Balaban J connectivity index is 1.33. The lowest BCUT2D eigenvalue weighted by Gasteiger charge is -2.39. The molecule has 0 bridgehead atoms. The second kappa shape index (κ2) is 6.19. The van der Waals surface area contributed by atoms with Crippen molar-refractivity contribution in [2.45, 2.75) is 37.8 Å². The predicted molar refractivity (Wildman–Crippen MR) is 88.5 cm³/mol. The lowest BCUT2D eigenvalue weighted by molar-refractivity contribution is -0.143. The molecule has 2 aliphatic carbocycles. The van der Waals surface area contributed by atoms with E-state index >= 15 is 0 Å². The van der Waals surface area contributed by atoms with Gasteiger partial charge in [-0.25, -0.2) is 4.39 Å². The summed E-state index contributed by atoms with van der Waals surface area (Å²) in [6.45, 7) is 2.07. The van der Waals surface area contributed by atoms with Gasteiger partial charge in [0.1, 0.15) is 6.17 Å². The highest BCUT2D eigenvalue weighted by Gasteiger charge is 2.40. The first-order chi connectivity index (χ1) is 11.6. The molecule has 4 nitrogen and oxygen atoms in total. The SMILES string of the molecule is O=C(c1ccc(C2CC2)cc1)N1CCN(C(=O)C2CCC2F)CC1. The quantitative estimate of drug-likeness (QED) is 0.855. The van der Waals surface area contributed by atoms with Crippen molar-refractivity contribution in [2.24, 2.45) is 5.92 Å². The van der Waals surface area contributed by atoms with Gasteiger partial charge in [0.2, 0.25) is 5.91 Å². The Labute approximate surface area is 141 Å². The summed E-state index contributed by atoms with van der Waals surface area (Å²) in [7, 11) is 0. The molecule has 2 amide bonds. The van der Waals surface area contributed by atoms with Gasteiger partial charge in [-0.1, -0.05) is 12.1 Å². The summed E-state index contributed by atoms with van der Waals surface area (Å²) < 4.78 is 13.4. The Morgan fingerprint density at radius 3 is 2.00 bits per heavy atom. The van der Waals surface area contributed by atoms with Crippen LogP contribution in [0.3, 0.4) is 0 Å².